The second kappa shape index (κ2) is 3.18. The van der Waals surface area contributed by atoms with Crippen molar-refractivity contribution in [3.05, 3.63) is 17.7 Å². The monoisotopic (exact) mass is 207 g/mol. The molecule has 5 heteroatoms. The third kappa shape index (κ3) is 1.77. The molecule has 0 fully saturated rings. The van der Waals surface area contributed by atoms with Gasteiger partial charge in [0.2, 0.25) is 0 Å². The quantitative estimate of drug-likeness (QED) is 0.703. The minimum atomic E-state index is 0.0915. The zero-order valence-electron chi connectivity index (χ0n) is 9.02. The number of aldehydes is 1. The van der Waals surface area contributed by atoms with Crippen LogP contribution < -0.4 is 0 Å². The van der Waals surface area contributed by atoms with Gasteiger partial charge < -0.3 is 4.52 Å². The van der Waals surface area contributed by atoms with Crippen LogP contribution in [0.3, 0.4) is 0 Å². The molecule has 0 spiro atoms. The molecule has 0 aliphatic heterocycles. The largest absolute Gasteiger partial charge is 0.332 e. The molecule has 2 rings (SSSR count). The van der Waals surface area contributed by atoms with E-state index in [1.165, 1.54) is 6.20 Å². The van der Waals surface area contributed by atoms with Crippen LogP contribution in [0.2, 0.25) is 0 Å². The maximum atomic E-state index is 10.8. The molecular weight excluding hydrogens is 194 g/mol. The van der Waals surface area contributed by atoms with E-state index in [0.717, 1.165) is 18.5 Å². The number of nitrogens with zero attached hydrogens (tertiary/aromatic N) is 3. The van der Waals surface area contributed by atoms with Crippen molar-refractivity contribution in [2.45, 2.75) is 27.2 Å². The second-order valence-corrected chi connectivity index (χ2v) is 4.76. The Labute approximate surface area is 87.1 Å². The number of aromatic nitrogens is 3. The number of carbonyl (C=O) groups excluding carboxylic acids is 1. The van der Waals surface area contributed by atoms with Gasteiger partial charge in [-0.1, -0.05) is 25.9 Å². The van der Waals surface area contributed by atoms with Crippen molar-refractivity contribution in [1.82, 2.24) is 14.5 Å². The van der Waals surface area contributed by atoms with E-state index in [9.17, 15) is 4.79 Å². The Bertz CT molecular complexity index is 490. The average Bonchev–Trinajstić information content (AvgIpc) is 2.65. The van der Waals surface area contributed by atoms with Gasteiger partial charge in [-0.15, -0.1) is 0 Å². The van der Waals surface area contributed by atoms with Crippen molar-refractivity contribution >= 4 is 12.1 Å². The summed E-state index contributed by atoms with van der Waals surface area (Å²) in [6.45, 7) is 6.31. The highest BCUT2D eigenvalue weighted by molar-refractivity contribution is 5.73. The van der Waals surface area contributed by atoms with Gasteiger partial charge in [0.15, 0.2) is 12.1 Å². The Balaban J connectivity index is 2.51. The van der Waals surface area contributed by atoms with E-state index < -0.39 is 0 Å². The van der Waals surface area contributed by atoms with Crippen molar-refractivity contribution < 1.29 is 9.32 Å². The zero-order valence-corrected chi connectivity index (χ0v) is 9.02. The summed E-state index contributed by atoms with van der Waals surface area (Å²) in [6.07, 6.45) is 2.97. The smallest absolute Gasteiger partial charge is 0.315 e. The zero-order chi connectivity index (χ0) is 11.1. The highest BCUT2D eigenvalue weighted by Crippen LogP contribution is 2.21. The first-order valence-corrected chi connectivity index (χ1v) is 4.78. The number of carbonyl (C=O) groups is 1. The third-order valence-electron chi connectivity index (χ3n) is 2.06. The normalized spacial score (nSPS) is 12.2. The third-order valence-corrected chi connectivity index (χ3v) is 2.06. The molecule has 2 aromatic heterocycles. The molecule has 0 saturated heterocycles. The molecule has 80 valence electrons. The molecular formula is C10H13N3O2. The van der Waals surface area contributed by atoms with Crippen LogP contribution in [-0.2, 0) is 6.42 Å². The van der Waals surface area contributed by atoms with Gasteiger partial charge in [-0.2, -0.15) is 0 Å². The van der Waals surface area contributed by atoms with Crippen molar-refractivity contribution in [1.29, 1.82) is 0 Å². The molecule has 0 saturated carbocycles. The van der Waals surface area contributed by atoms with Crippen LogP contribution in [0.4, 0.5) is 0 Å². The molecule has 15 heavy (non-hydrogen) atoms. The number of hydrogen-bond donors (Lipinski definition) is 0. The van der Waals surface area contributed by atoms with Crippen LogP contribution in [0.1, 0.15) is 37.1 Å². The summed E-state index contributed by atoms with van der Waals surface area (Å²) in [6, 6.07) is 0. The van der Waals surface area contributed by atoms with Crippen molar-refractivity contribution in [2.75, 3.05) is 0 Å². The second-order valence-electron chi connectivity index (χ2n) is 4.76. The van der Waals surface area contributed by atoms with Crippen molar-refractivity contribution in [2.24, 2.45) is 5.41 Å². The van der Waals surface area contributed by atoms with E-state index in [4.69, 9.17) is 4.52 Å². The van der Waals surface area contributed by atoms with Crippen LogP contribution in [-0.4, -0.2) is 20.8 Å². The topological polar surface area (TPSA) is 60.4 Å². The SMILES string of the molecule is CC(C)(C)Cc1noc2ncc(C=O)n12. The molecule has 0 aliphatic carbocycles. The molecule has 0 amide bonds. The first-order valence-electron chi connectivity index (χ1n) is 4.78. The Morgan fingerprint density at radius 1 is 1.53 bits per heavy atom. The molecule has 2 aromatic rings. The highest BCUT2D eigenvalue weighted by atomic mass is 16.5. The minimum absolute atomic E-state index is 0.0915. The van der Waals surface area contributed by atoms with Crippen LogP contribution in [0.5, 0.6) is 0 Å². The van der Waals surface area contributed by atoms with Gasteiger partial charge >= 0.3 is 5.84 Å². The Morgan fingerprint density at radius 2 is 2.27 bits per heavy atom. The maximum Gasteiger partial charge on any atom is 0.332 e. The lowest BCUT2D eigenvalue weighted by Crippen LogP contribution is -2.12. The highest BCUT2D eigenvalue weighted by Gasteiger charge is 2.19. The lowest BCUT2D eigenvalue weighted by Gasteiger charge is -2.15. The van der Waals surface area contributed by atoms with E-state index in [1.54, 1.807) is 4.40 Å². The molecule has 0 radical (unpaired) electrons. The molecule has 0 unspecified atom stereocenters. The number of fused-ring (bicyclic) bond motifs is 1. The Morgan fingerprint density at radius 3 is 2.87 bits per heavy atom. The fraction of sp³-hybridized carbons (Fsp3) is 0.500. The fourth-order valence-electron chi connectivity index (χ4n) is 1.47. The molecule has 0 aromatic carbocycles. The van der Waals surface area contributed by atoms with Crippen molar-refractivity contribution in [3.8, 4) is 0 Å². The van der Waals surface area contributed by atoms with Crippen LogP contribution >= 0.6 is 0 Å². The summed E-state index contributed by atoms with van der Waals surface area (Å²) >= 11 is 0. The standard InChI is InChI=1S/C10H13N3O2/c1-10(2,3)4-8-12-15-9-11-5-7(6-14)13(8)9/h5-6H,4H2,1-3H3. The van der Waals surface area contributed by atoms with Crippen LogP contribution in [0, 0.1) is 5.41 Å². The summed E-state index contributed by atoms with van der Waals surface area (Å²) in [5, 5.41) is 3.92. The van der Waals surface area contributed by atoms with Crippen LogP contribution in [0.25, 0.3) is 5.84 Å². The van der Waals surface area contributed by atoms with E-state index in [2.05, 4.69) is 30.9 Å². The predicted molar refractivity (Wildman–Crippen MR) is 53.8 cm³/mol. The molecule has 5 nitrogen and oxygen atoms in total. The summed E-state index contributed by atoms with van der Waals surface area (Å²) in [5.41, 5.74) is 0.569. The molecule has 0 aliphatic rings. The van der Waals surface area contributed by atoms with Crippen molar-refractivity contribution in [3.63, 3.8) is 0 Å². The van der Waals surface area contributed by atoms with Gasteiger partial charge in [-0.25, -0.2) is 9.38 Å². The minimum Gasteiger partial charge on any atom is -0.315 e. The van der Waals surface area contributed by atoms with Gasteiger partial charge in [0.05, 0.1) is 6.20 Å². The van der Waals surface area contributed by atoms with E-state index in [-0.39, 0.29) is 5.41 Å². The predicted octanol–water partition coefficient (Wildman–Crippen LogP) is 1.72. The summed E-state index contributed by atoms with van der Waals surface area (Å²) in [7, 11) is 0. The van der Waals surface area contributed by atoms with Gasteiger partial charge in [-0.05, 0) is 5.41 Å². The summed E-state index contributed by atoms with van der Waals surface area (Å²) in [5.74, 6) is 1.11. The van der Waals surface area contributed by atoms with Gasteiger partial charge in [-0.3, -0.25) is 4.79 Å². The average molecular weight is 207 g/mol. The first kappa shape index (κ1) is 9.89. The van der Waals surface area contributed by atoms with E-state index >= 15 is 0 Å². The molecule has 0 bridgehead atoms. The molecule has 2 heterocycles. The first-order chi connectivity index (χ1) is 7.01. The Kier molecular flexibility index (Phi) is 2.10. The van der Waals surface area contributed by atoms with E-state index in [0.29, 0.717) is 11.5 Å². The number of hydrogen-bond acceptors (Lipinski definition) is 4. The van der Waals surface area contributed by atoms with Gasteiger partial charge in [0.1, 0.15) is 5.69 Å². The number of rotatable bonds is 2. The Hall–Kier alpha value is -1.65. The molecule has 0 atom stereocenters. The number of imidazole rings is 1. The van der Waals surface area contributed by atoms with Crippen LogP contribution in [0.15, 0.2) is 10.7 Å². The van der Waals surface area contributed by atoms with E-state index in [1.807, 2.05) is 0 Å². The summed E-state index contributed by atoms with van der Waals surface area (Å²) in [4.78, 5) is 14.7. The van der Waals surface area contributed by atoms with Gasteiger partial charge in [0.25, 0.3) is 0 Å². The lowest BCUT2D eigenvalue weighted by atomic mass is 9.92. The molecule has 0 N–H and O–H groups in total. The lowest BCUT2D eigenvalue weighted by molar-refractivity contribution is 0.111. The maximum absolute atomic E-state index is 10.8. The summed E-state index contributed by atoms with van der Waals surface area (Å²) < 4.78 is 6.67. The fourth-order valence-corrected chi connectivity index (χ4v) is 1.47. The van der Waals surface area contributed by atoms with Gasteiger partial charge in [0, 0.05) is 6.42 Å².